The Hall–Kier alpha value is -2.40. The summed E-state index contributed by atoms with van der Waals surface area (Å²) in [7, 11) is 4.62. The van der Waals surface area contributed by atoms with E-state index in [0.717, 1.165) is 16.7 Å². The minimum absolute atomic E-state index is 0.0634. The highest BCUT2D eigenvalue weighted by Gasteiger charge is 2.27. The van der Waals surface area contributed by atoms with Crippen LogP contribution in [0.15, 0.2) is 30.3 Å². The lowest BCUT2D eigenvalue weighted by atomic mass is 9.88. The van der Waals surface area contributed by atoms with Crippen LogP contribution in [-0.4, -0.2) is 44.9 Å². The molecule has 0 radical (unpaired) electrons. The number of rotatable bonds is 5. The van der Waals surface area contributed by atoms with Crippen LogP contribution in [0.3, 0.4) is 0 Å². The first-order chi connectivity index (χ1) is 13.3. The van der Waals surface area contributed by atoms with Gasteiger partial charge in [0, 0.05) is 16.7 Å². The van der Waals surface area contributed by atoms with Gasteiger partial charge in [0.05, 0.1) is 21.3 Å². The fourth-order valence-corrected chi connectivity index (χ4v) is 3.33. The lowest BCUT2D eigenvalue weighted by Gasteiger charge is -2.35. The third-order valence-electron chi connectivity index (χ3n) is 4.67. The summed E-state index contributed by atoms with van der Waals surface area (Å²) < 4.78 is 39.9. The molecule has 5 heteroatoms. The zero-order chi connectivity index (χ0) is 20.5. The van der Waals surface area contributed by atoms with Gasteiger partial charge in [0.1, 0.15) is 0 Å². The number of fused-ring (bicyclic) bond motifs is 1. The van der Waals surface area contributed by atoms with Crippen LogP contribution in [0.5, 0.6) is 23.0 Å². The van der Waals surface area contributed by atoms with Gasteiger partial charge in [0.2, 0.25) is 0 Å². The number of hydrogen-bond acceptors (Lipinski definition) is 5. The lowest BCUT2D eigenvalue weighted by molar-refractivity contribution is 0.228. The van der Waals surface area contributed by atoms with Crippen molar-refractivity contribution in [3.63, 3.8) is 0 Å². The van der Waals surface area contributed by atoms with E-state index in [1.165, 1.54) is 12.0 Å². The van der Waals surface area contributed by atoms with Gasteiger partial charge >= 0.3 is 0 Å². The third-order valence-corrected chi connectivity index (χ3v) is 4.67. The molecule has 0 aromatic heterocycles. The average molecular weight is 346 g/mol. The average Bonchev–Trinajstić information content (AvgIpc) is 2.66. The Labute approximate surface area is 153 Å². The smallest absolute Gasteiger partial charge is 0.160 e. The van der Waals surface area contributed by atoms with Crippen molar-refractivity contribution < 1.29 is 23.4 Å². The van der Waals surface area contributed by atoms with Crippen molar-refractivity contribution in [1.29, 1.82) is 0 Å². The van der Waals surface area contributed by atoms with Crippen LogP contribution >= 0.6 is 0 Å². The summed E-state index contributed by atoms with van der Waals surface area (Å²) in [5.74, 6) is 1.62. The van der Waals surface area contributed by atoms with Crippen LogP contribution in [0.1, 0.15) is 26.8 Å². The van der Waals surface area contributed by atoms with Gasteiger partial charge in [-0.15, -0.1) is 0 Å². The summed E-state index contributed by atoms with van der Waals surface area (Å²) in [6.45, 7) is -1.85. The fourth-order valence-electron chi connectivity index (χ4n) is 3.33. The molecule has 1 N–H and O–H groups in total. The molecule has 0 aliphatic carbocycles. The maximum Gasteiger partial charge on any atom is 0.160 e. The zero-order valence-corrected chi connectivity index (χ0v) is 14.7. The molecule has 1 aliphatic heterocycles. The molecule has 2 aromatic rings. The van der Waals surface area contributed by atoms with E-state index in [4.69, 9.17) is 18.3 Å². The first kappa shape index (κ1) is 13.8. The van der Waals surface area contributed by atoms with E-state index in [0.29, 0.717) is 36.6 Å². The molecule has 0 saturated carbocycles. The van der Waals surface area contributed by atoms with Crippen LogP contribution in [-0.2, 0) is 12.8 Å². The van der Waals surface area contributed by atoms with Gasteiger partial charge in [-0.1, -0.05) is 6.07 Å². The van der Waals surface area contributed by atoms with Crippen LogP contribution in [0.4, 0.5) is 0 Å². The van der Waals surface area contributed by atoms with Crippen LogP contribution in [0.25, 0.3) is 0 Å². The van der Waals surface area contributed by atoms with E-state index in [1.54, 1.807) is 26.4 Å². The molecule has 0 spiro atoms. The van der Waals surface area contributed by atoms with Gasteiger partial charge in [-0.3, -0.25) is 4.90 Å². The minimum atomic E-state index is -2.23. The van der Waals surface area contributed by atoms with Gasteiger partial charge in [-0.2, -0.15) is 0 Å². The molecule has 1 unspecified atom stereocenters. The van der Waals surface area contributed by atoms with E-state index in [-0.39, 0.29) is 11.8 Å². The van der Waals surface area contributed by atoms with Crippen LogP contribution < -0.4 is 14.2 Å². The molecule has 0 saturated heterocycles. The van der Waals surface area contributed by atoms with Crippen molar-refractivity contribution >= 4 is 0 Å². The van der Waals surface area contributed by atoms with Gasteiger partial charge < -0.3 is 19.3 Å². The largest absolute Gasteiger partial charge is 0.504 e. The summed E-state index contributed by atoms with van der Waals surface area (Å²) in [5, 5.41) is 10.1. The Balaban J connectivity index is 2.05. The molecule has 0 fully saturated rings. The van der Waals surface area contributed by atoms with Crippen LogP contribution in [0, 0.1) is 0 Å². The van der Waals surface area contributed by atoms with E-state index in [9.17, 15) is 5.11 Å². The summed E-state index contributed by atoms with van der Waals surface area (Å²) in [5.41, 5.74) is 2.72. The molecule has 2 aromatic carbocycles. The second kappa shape index (κ2) is 7.23. The summed E-state index contributed by atoms with van der Waals surface area (Å²) in [6, 6.07) is 8.62. The van der Waals surface area contributed by atoms with E-state index in [2.05, 4.69) is 0 Å². The molecule has 0 amide bonds. The fraction of sp³-hybridized carbons (Fsp3) is 0.400. The summed E-state index contributed by atoms with van der Waals surface area (Å²) in [6.07, 6.45) is 1.02. The maximum atomic E-state index is 10.1. The van der Waals surface area contributed by atoms with E-state index < -0.39 is 6.98 Å². The predicted octanol–water partition coefficient (Wildman–Crippen LogP) is 3.19. The molecule has 0 bridgehead atoms. The van der Waals surface area contributed by atoms with Gasteiger partial charge in [-0.25, -0.2) is 0 Å². The highest BCUT2D eigenvalue weighted by Crippen LogP contribution is 2.39. The van der Waals surface area contributed by atoms with Crippen molar-refractivity contribution in [2.75, 3.05) is 34.8 Å². The molecule has 1 heterocycles. The number of methoxy groups -OCH3 is 3. The van der Waals surface area contributed by atoms with Crippen molar-refractivity contribution in [1.82, 2.24) is 4.90 Å². The molecular formula is C20H25NO4. The van der Waals surface area contributed by atoms with Crippen molar-refractivity contribution in [3.05, 3.63) is 47.0 Å². The molecule has 1 aliphatic rings. The molecular weight excluding hydrogens is 318 g/mol. The Morgan fingerprint density at radius 3 is 2.52 bits per heavy atom. The Bertz CT molecular complexity index is 854. The maximum absolute atomic E-state index is 10.1. The lowest BCUT2D eigenvalue weighted by Crippen LogP contribution is -2.33. The van der Waals surface area contributed by atoms with Crippen molar-refractivity contribution in [3.8, 4) is 23.0 Å². The topological polar surface area (TPSA) is 51.2 Å². The molecule has 5 nitrogen and oxygen atoms in total. The number of likely N-dealkylation sites (N-methyl/N-ethyl adjacent to an activating group) is 1. The number of ether oxygens (including phenoxy) is 3. The first-order valence-electron chi connectivity index (χ1n) is 9.66. The van der Waals surface area contributed by atoms with Gasteiger partial charge in [-0.05, 0) is 60.8 Å². The molecule has 1 atom stereocenters. The number of nitrogens with zero attached hydrogens (tertiary/aromatic N) is 1. The molecule has 134 valence electrons. The highest BCUT2D eigenvalue weighted by atomic mass is 16.5. The third kappa shape index (κ3) is 3.37. The molecule has 25 heavy (non-hydrogen) atoms. The van der Waals surface area contributed by atoms with Crippen molar-refractivity contribution in [2.45, 2.75) is 18.9 Å². The highest BCUT2D eigenvalue weighted by molar-refractivity contribution is 5.49. The zero-order valence-electron chi connectivity index (χ0n) is 17.7. The number of aromatic hydroxyl groups is 1. The monoisotopic (exact) mass is 346 g/mol. The Morgan fingerprint density at radius 2 is 1.84 bits per heavy atom. The SMILES string of the molecule is [2H]C([2H])([2H])N1CCc2cc(O)c(OC)cc2C1Cc1ccc(OC)c(OC)c1. The van der Waals surface area contributed by atoms with Crippen molar-refractivity contribution in [2.24, 2.45) is 0 Å². The molecule has 3 rings (SSSR count). The van der Waals surface area contributed by atoms with E-state index >= 15 is 0 Å². The minimum Gasteiger partial charge on any atom is -0.504 e. The predicted molar refractivity (Wildman–Crippen MR) is 97.0 cm³/mol. The second-order valence-electron chi connectivity index (χ2n) is 6.08. The number of hydrogen-bond donors (Lipinski definition) is 1. The van der Waals surface area contributed by atoms with Crippen LogP contribution in [0.2, 0.25) is 0 Å². The standard InChI is InChI=1S/C20H25NO4/c1-21-8-7-14-11-17(22)19(24-3)12-15(14)16(21)9-13-5-6-18(23-2)20(10-13)25-4/h5-6,10-12,16,22H,7-9H2,1-4H3/i1D3. The quantitative estimate of drug-likeness (QED) is 0.901. The Morgan fingerprint density at radius 1 is 1.08 bits per heavy atom. The van der Waals surface area contributed by atoms with Gasteiger partial charge in [0.25, 0.3) is 0 Å². The summed E-state index contributed by atoms with van der Waals surface area (Å²) >= 11 is 0. The van der Waals surface area contributed by atoms with E-state index in [1.807, 2.05) is 18.2 Å². The number of phenolic OH excluding ortho intramolecular Hbond substituents is 1. The van der Waals surface area contributed by atoms with Gasteiger partial charge in [0.15, 0.2) is 23.0 Å². The normalized spacial score (nSPS) is 19.3. The second-order valence-corrected chi connectivity index (χ2v) is 6.08. The summed E-state index contributed by atoms with van der Waals surface area (Å²) in [4.78, 5) is 1.53. The Kier molecular flexibility index (Phi) is 4.00. The first-order valence-corrected chi connectivity index (χ1v) is 8.16. The number of phenols is 1. The number of benzene rings is 2.